The minimum absolute atomic E-state index is 0.684. The van der Waals surface area contributed by atoms with E-state index in [1.807, 2.05) is 60.4 Å². The summed E-state index contributed by atoms with van der Waals surface area (Å²) in [6.07, 6.45) is 3.59. The second-order valence-corrected chi connectivity index (χ2v) is 5.53. The first-order valence-corrected chi connectivity index (χ1v) is 7.79. The molecule has 0 spiro atoms. The summed E-state index contributed by atoms with van der Waals surface area (Å²) in [6, 6.07) is 22.3. The molecule has 0 aliphatic heterocycles. The predicted molar refractivity (Wildman–Crippen MR) is 96.7 cm³/mol. The van der Waals surface area contributed by atoms with Crippen molar-refractivity contribution >= 4 is 22.4 Å². The third-order valence-electron chi connectivity index (χ3n) is 3.97. The lowest BCUT2D eigenvalue weighted by atomic mass is 10.0. The molecule has 2 aromatic carbocycles. The van der Waals surface area contributed by atoms with Crippen LogP contribution in [0.4, 0.5) is 5.82 Å². The molecule has 0 aliphatic rings. The molecule has 116 valence electrons. The van der Waals surface area contributed by atoms with Gasteiger partial charge in [0.25, 0.3) is 0 Å². The van der Waals surface area contributed by atoms with Crippen LogP contribution in [-0.4, -0.2) is 20.5 Å². The van der Waals surface area contributed by atoms with Crippen molar-refractivity contribution in [3.8, 4) is 0 Å². The van der Waals surface area contributed by atoms with Crippen LogP contribution in [0.25, 0.3) is 10.9 Å². The largest absolute Gasteiger partial charge is 0.268 e. The number of aromatic nitrogens is 3. The lowest BCUT2D eigenvalue weighted by molar-refractivity contribution is 0.797. The average Bonchev–Trinajstić information content (AvgIpc) is 3.03. The standard InChI is InChI=1S/C20H16N4/c1-24-18-12-13-21-20(17(18)14-22-24)23-19(15-8-4-2-5-9-15)16-10-6-3-7-11-16/h2-14H,1H3. The second kappa shape index (κ2) is 6.08. The van der Waals surface area contributed by atoms with E-state index in [-0.39, 0.29) is 0 Å². The highest BCUT2D eigenvalue weighted by atomic mass is 15.2. The van der Waals surface area contributed by atoms with Crippen LogP contribution >= 0.6 is 0 Å². The van der Waals surface area contributed by atoms with E-state index < -0.39 is 0 Å². The summed E-state index contributed by atoms with van der Waals surface area (Å²) < 4.78 is 1.83. The molecular weight excluding hydrogens is 296 g/mol. The van der Waals surface area contributed by atoms with E-state index >= 15 is 0 Å². The van der Waals surface area contributed by atoms with Crippen LogP contribution < -0.4 is 0 Å². The molecular formula is C20H16N4. The number of nitrogens with zero attached hydrogens (tertiary/aromatic N) is 4. The van der Waals surface area contributed by atoms with Gasteiger partial charge in [0, 0.05) is 24.4 Å². The maximum Gasteiger partial charge on any atom is 0.163 e. The predicted octanol–water partition coefficient (Wildman–Crippen LogP) is 4.14. The van der Waals surface area contributed by atoms with E-state index in [0.29, 0.717) is 5.82 Å². The number of hydrogen-bond donors (Lipinski definition) is 0. The fourth-order valence-electron chi connectivity index (χ4n) is 2.75. The lowest BCUT2D eigenvalue weighted by Gasteiger charge is -2.07. The number of aliphatic imine (C=N–C) groups is 1. The molecule has 4 nitrogen and oxygen atoms in total. The van der Waals surface area contributed by atoms with Crippen molar-refractivity contribution in [1.82, 2.24) is 14.8 Å². The summed E-state index contributed by atoms with van der Waals surface area (Å²) in [4.78, 5) is 9.36. The Bertz CT molecular complexity index is 960. The van der Waals surface area contributed by atoms with E-state index in [0.717, 1.165) is 27.7 Å². The first kappa shape index (κ1) is 14.3. The quantitative estimate of drug-likeness (QED) is 0.534. The lowest BCUT2D eigenvalue weighted by Crippen LogP contribution is -2.02. The number of fused-ring (bicyclic) bond motifs is 1. The minimum Gasteiger partial charge on any atom is -0.268 e. The number of pyridine rings is 1. The van der Waals surface area contributed by atoms with Crippen LogP contribution in [0, 0.1) is 0 Å². The Balaban J connectivity index is 1.94. The second-order valence-electron chi connectivity index (χ2n) is 5.53. The van der Waals surface area contributed by atoms with Gasteiger partial charge < -0.3 is 0 Å². The fraction of sp³-hybridized carbons (Fsp3) is 0.0500. The minimum atomic E-state index is 0.684. The molecule has 2 aromatic heterocycles. The van der Waals surface area contributed by atoms with Gasteiger partial charge in [0.1, 0.15) is 0 Å². The van der Waals surface area contributed by atoms with Gasteiger partial charge in [-0.1, -0.05) is 60.7 Å². The Morgan fingerprint density at radius 2 is 1.50 bits per heavy atom. The van der Waals surface area contributed by atoms with Crippen LogP contribution in [0.15, 0.2) is 84.1 Å². The van der Waals surface area contributed by atoms with Crippen molar-refractivity contribution < 1.29 is 0 Å². The summed E-state index contributed by atoms with van der Waals surface area (Å²) >= 11 is 0. The highest BCUT2D eigenvalue weighted by molar-refractivity contribution is 6.14. The fourth-order valence-corrected chi connectivity index (χ4v) is 2.75. The Labute approximate surface area is 140 Å². The summed E-state index contributed by atoms with van der Waals surface area (Å²) in [7, 11) is 1.92. The van der Waals surface area contributed by atoms with E-state index in [1.165, 1.54) is 0 Å². The zero-order valence-corrected chi connectivity index (χ0v) is 13.3. The number of hydrogen-bond acceptors (Lipinski definition) is 3. The molecule has 0 saturated heterocycles. The van der Waals surface area contributed by atoms with Gasteiger partial charge in [0.2, 0.25) is 0 Å². The SMILES string of the molecule is Cn1ncc2c(N=C(c3ccccc3)c3ccccc3)nccc21. The molecule has 24 heavy (non-hydrogen) atoms. The van der Waals surface area contributed by atoms with Crippen molar-refractivity contribution in [2.24, 2.45) is 12.0 Å². The molecule has 0 radical (unpaired) electrons. The Morgan fingerprint density at radius 1 is 0.875 bits per heavy atom. The van der Waals surface area contributed by atoms with Crippen LogP contribution in [0.3, 0.4) is 0 Å². The Kier molecular flexibility index (Phi) is 3.63. The molecule has 4 rings (SSSR count). The van der Waals surface area contributed by atoms with Gasteiger partial charge >= 0.3 is 0 Å². The number of aryl methyl sites for hydroxylation is 1. The summed E-state index contributed by atoms with van der Waals surface area (Å²) in [5.41, 5.74) is 4.04. The Hall–Kier alpha value is -3.27. The van der Waals surface area contributed by atoms with E-state index in [4.69, 9.17) is 4.99 Å². The van der Waals surface area contributed by atoms with Gasteiger partial charge in [0.05, 0.1) is 22.8 Å². The van der Waals surface area contributed by atoms with Crippen molar-refractivity contribution in [2.45, 2.75) is 0 Å². The normalized spacial score (nSPS) is 10.7. The van der Waals surface area contributed by atoms with E-state index in [1.54, 1.807) is 6.20 Å². The Morgan fingerprint density at radius 3 is 2.12 bits per heavy atom. The highest BCUT2D eigenvalue weighted by Crippen LogP contribution is 2.24. The van der Waals surface area contributed by atoms with Gasteiger partial charge in [-0.3, -0.25) is 4.68 Å². The molecule has 0 bridgehead atoms. The molecule has 0 aliphatic carbocycles. The third kappa shape index (κ3) is 2.58. The first-order valence-electron chi connectivity index (χ1n) is 7.79. The number of rotatable bonds is 3. The van der Waals surface area contributed by atoms with Gasteiger partial charge in [-0.05, 0) is 6.07 Å². The zero-order valence-electron chi connectivity index (χ0n) is 13.3. The van der Waals surface area contributed by atoms with Crippen molar-refractivity contribution in [1.29, 1.82) is 0 Å². The number of benzene rings is 2. The smallest absolute Gasteiger partial charge is 0.163 e. The van der Waals surface area contributed by atoms with Crippen molar-refractivity contribution in [2.75, 3.05) is 0 Å². The van der Waals surface area contributed by atoms with E-state index in [2.05, 4.69) is 34.3 Å². The third-order valence-corrected chi connectivity index (χ3v) is 3.97. The van der Waals surface area contributed by atoms with Gasteiger partial charge in [0.15, 0.2) is 5.82 Å². The summed E-state index contributed by atoms with van der Waals surface area (Å²) in [5.74, 6) is 0.684. The van der Waals surface area contributed by atoms with Crippen LogP contribution in [0.2, 0.25) is 0 Å². The van der Waals surface area contributed by atoms with Crippen molar-refractivity contribution in [3.05, 3.63) is 90.3 Å². The molecule has 2 heterocycles. The molecule has 0 unspecified atom stereocenters. The molecule has 4 aromatic rings. The zero-order chi connectivity index (χ0) is 16.4. The van der Waals surface area contributed by atoms with Crippen LogP contribution in [0.1, 0.15) is 11.1 Å². The molecule has 0 fully saturated rings. The highest BCUT2D eigenvalue weighted by Gasteiger charge is 2.10. The maximum absolute atomic E-state index is 4.89. The molecule has 0 amide bonds. The first-order chi connectivity index (χ1) is 11.8. The summed E-state index contributed by atoms with van der Waals surface area (Å²) in [5, 5.41) is 5.27. The van der Waals surface area contributed by atoms with Gasteiger partial charge in [-0.25, -0.2) is 9.98 Å². The van der Waals surface area contributed by atoms with Crippen LogP contribution in [-0.2, 0) is 7.05 Å². The van der Waals surface area contributed by atoms with E-state index in [9.17, 15) is 0 Å². The van der Waals surface area contributed by atoms with Gasteiger partial charge in [-0.2, -0.15) is 5.10 Å². The average molecular weight is 312 g/mol. The van der Waals surface area contributed by atoms with Crippen molar-refractivity contribution in [3.63, 3.8) is 0 Å². The molecule has 0 saturated carbocycles. The summed E-state index contributed by atoms with van der Waals surface area (Å²) in [6.45, 7) is 0. The topological polar surface area (TPSA) is 43.1 Å². The monoisotopic (exact) mass is 312 g/mol. The molecule has 4 heteroatoms. The molecule has 0 atom stereocenters. The van der Waals surface area contributed by atoms with Crippen LogP contribution in [0.5, 0.6) is 0 Å². The maximum atomic E-state index is 4.89. The van der Waals surface area contributed by atoms with Gasteiger partial charge in [-0.15, -0.1) is 0 Å². The molecule has 0 N–H and O–H groups in total.